The van der Waals surface area contributed by atoms with E-state index in [1.54, 1.807) is 7.11 Å². The van der Waals surface area contributed by atoms with E-state index in [0.29, 0.717) is 32.8 Å². The second kappa shape index (κ2) is 10.8. The van der Waals surface area contributed by atoms with Crippen LogP contribution in [-0.2, 0) is 14.3 Å². The molecule has 0 aromatic carbocycles. The van der Waals surface area contributed by atoms with Gasteiger partial charge in [0.25, 0.3) is 0 Å². The maximum Gasteiger partial charge on any atom is 0.334 e. The monoisotopic (exact) mass is 264 g/mol. The van der Waals surface area contributed by atoms with Gasteiger partial charge >= 0.3 is 12.0 Å². The summed E-state index contributed by atoms with van der Waals surface area (Å²) in [6.07, 6.45) is -0.952. The van der Waals surface area contributed by atoms with Gasteiger partial charge in [0, 0.05) is 20.3 Å². The third-order valence-electron chi connectivity index (χ3n) is 1.92. The van der Waals surface area contributed by atoms with E-state index in [-0.39, 0.29) is 6.54 Å². The number of nitrogens with one attached hydrogen (secondary N) is 2. The summed E-state index contributed by atoms with van der Waals surface area (Å²) in [6.45, 7) is 1.61. The minimum Gasteiger partial charge on any atom is -0.479 e. The van der Waals surface area contributed by atoms with Gasteiger partial charge in [-0.1, -0.05) is 0 Å². The Morgan fingerprint density at radius 1 is 1.22 bits per heavy atom. The maximum atomic E-state index is 11.1. The number of aliphatic carboxylic acids is 1. The molecule has 0 aliphatic carbocycles. The third kappa shape index (κ3) is 9.82. The lowest BCUT2D eigenvalue weighted by Gasteiger charge is -2.09. The molecule has 1 atom stereocenters. The van der Waals surface area contributed by atoms with Gasteiger partial charge in [-0.2, -0.15) is 0 Å². The molecule has 0 saturated carbocycles. The Bertz CT molecular complexity index is 249. The van der Waals surface area contributed by atoms with Gasteiger partial charge in [0.15, 0.2) is 6.10 Å². The van der Waals surface area contributed by atoms with Crippen LogP contribution in [0.1, 0.15) is 6.42 Å². The van der Waals surface area contributed by atoms with Crippen LogP contribution < -0.4 is 10.6 Å². The van der Waals surface area contributed by atoms with Crippen molar-refractivity contribution in [3.63, 3.8) is 0 Å². The second-order valence-electron chi connectivity index (χ2n) is 3.45. The number of aliphatic hydroxyl groups excluding tert-OH is 1. The number of rotatable bonds is 10. The van der Waals surface area contributed by atoms with Crippen molar-refractivity contribution in [2.24, 2.45) is 0 Å². The molecule has 0 spiro atoms. The van der Waals surface area contributed by atoms with Crippen molar-refractivity contribution in [3.8, 4) is 0 Å². The first-order chi connectivity index (χ1) is 8.57. The largest absolute Gasteiger partial charge is 0.479 e. The first-order valence-electron chi connectivity index (χ1n) is 5.57. The number of carboxylic acid groups (broad SMARTS) is 1. The van der Waals surface area contributed by atoms with Crippen molar-refractivity contribution in [1.29, 1.82) is 0 Å². The lowest BCUT2D eigenvalue weighted by atomic mass is 10.3. The normalized spacial score (nSPS) is 11.9. The SMILES string of the molecule is COCCOCCCNC(=O)NC[C@H](O)C(=O)O. The molecule has 0 radical (unpaired) electrons. The Hall–Kier alpha value is -1.38. The molecule has 0 aliphatic heterocycles. The molecule has 0 unspecified atom stereocenters. The Labute approximate surface area is 105 Å². The lowest BCUT2D eigenvalue weighted by molar-refractivity contribution is -0.146. The number of hydrogen-bond acceptors (Lipinski definition) is 5. The Morgan fingerprint density at radius 2 is 1.94 bits per heavy atom. The van der Waals surface area contributed by atoms with Crippen LogP contribution in [0.3, 0.4) is 0 Å². The molecule has 8 heteroatoms. The summed E-state index contributed by atoms with van der Waals surface area (Å²) in [4.78, 5) is 21.4. The number of carbonyl (C=O) groups excluding carboxylic acids is 1. The zero-order valence-electron chi connectivity index (χ0n) is 10.3. The summed E-state index contributed by atoms with van der Waals surface area (Å²) >= 11 is 0. The lowest BCUT2D eigenvalue weighted by Crippen LogP contribution is -2.42. The van der Waals surface area contributed by atoms with Crippen LogP contribution in [-0.4, -0.2) is 68.3 Å². The average molecular weight is 264 g/mol. The number of urea groups is 1. The van der Waals surface area contributed by atoms with Gasteiger partial charge in [-0.05, 0) is 6.42 Å². The molecule has 0 heterocycles. The van der Waals surface area contributed by atoms with Gasteiger partial charge in [-0.3, -0.25) is 0 Å². The van der Waals surface area contributed by atoms with E-state index in [2.05, 4.69) is 10.6 Å². The van der Waals surface area contributed by atoms with Crippen LogP contribution in [0, 0.1) is 0 Å². The molecule has 0 aromatic heterocycles. The van der Waals surface area contributed by atoms with Crippen molar-refractivity contribution in [2.75, 3.05) is 40.0 Å². The fourth-order valence-electron chi connectivity index (χ4n) is 0.960. The van der Waals surface area contributed by atoms with Gasteiger partial charge in [0.1, 0.15) is 0 Å². The average Bonchev–Trinajstić information content (AvgIpc) is 2.34. The van der Waals surface area contributed by atoms with Crippen LogP contribution in [0.2, 0.25) is 0 Å². The topological polar surface area (TPSA) is 117 Å². The molecule has 0 aliphatic rings. The number of methoxy groups -OCH3 is 1. The number of carboxylic acids is 1. The number of amides is 2. The van der Waals surface area contributed by atoms with Crippen LogP contribution in [0.5, 0.6) is 0 Å². The van der Waals surface area contributed by atoms with E-state index in [4.69, 9.17) is 19.7 Å². The summed E-state index contributed by atoms with van der Waals surface area (Å²) in [7, 11) is 1.58. The van der Waals surface area contributed by atoms with E-state index >= 15 is 0 Å². The molecule has 0 fully saturated rings. The molecule has 0 saturated heterocycles. The summed E-state index contributed by atoms with van der Waals surface area (Å²) < 4.78 is 9.95. The van der Waals surface area contributed by atoms with Crippen molar-refractivity contribution in [3.05, 3.63) is 0 Å². The molecule has 18 heavy (non-hydrogen) atoms. The van der Waals surface area contributed by atoms with E-state index in [1.807, 2.05) is 0 Å². The standard InChI is InChI=1S/C10H20N2O6/c1-17-5-6-18-4-2-3-11-10(16)12-7-8(13)9(14)15/h8,13H,2-7H2,1H3,(H,14,15)(H2,11,12,16)/t8-/m0/s1. The third-order valence-corrected chi connectivity index (χ3v) is 1.92. The zero-order valence-corrected chi connectivity index (χ0v) is 10.3. The summed E-state index contributed by atoms with van der Waals surface area (Å²) in [5, 5.41) is 22.0. The molecule has 2 amide bonds. The second-order valence-corrected chi connectivity index (χ2v) is 3.45. The van der Waals surface area contributed by atoms with Crippen LogP contribution >= 0.6 is 0 Å². The van der Waals surface area contributed by atoms with E-state index in [1.165, 1.54) is 0 Å². The minimum absolute atomic E-state index is 0.328. The van der Waals surface area contributed by atoms with Crippen LogP contribution in [0.15, 0.2) is 0 Å². The predicted molar refractivity (Wildman–Crippen MR) is 62.4 cm³/mol. The highest BCUT2D eigenvalue weighted by molar-refractivity contribution is 5.76. The first-order valence-corrected chi connectivity index (χ1v) is 5.57. The number of hydrogen-bond donors (Lipinski definition) is 4. The molecular weight excluding hydrogens is 244 g/mol. The number of ether oxygens (including phenoxy) is 2. The van der Waals surface area contributed by atoms with Gasteiger partial charge in [-0.25, -0.2) is 9.59 Å². The molecular formula is C10H20N2O6. The highest BCUT2D eigenvalue weighted by Gasteiger charge is 2.13. The number of carbonyl (C=O) groups is 2. The smallest absolute Gasteiger partial charge is 0.334 e. The predicted octanol–water partition coefficient (Wildman–Crippen LogP) is -1.22. The van der Waals surface area contributed by atoms with Crippen molar-refractivity contribution < 1.29 is 29.3 Å². The van der Waals surface area contributed by atoms with Crippen molar-refractivity contribution >= 4 is 12.0 Å². The molecule has 4 N–H and O–H groups in total. The first kappa shape index (κ1) is 16.6. The quantitative estimate of drug-likeness (QED) is 0.368. The molecule has 106 valence electrons. The van der Waals surface area contributed by atoms with E-state index < -0.39 is 18.1 Å². The molecule has 0 aromatic rings. The van der Waals surface area contributed by atoms with Gasteiger partial charge in [0.05, 0.1) is 19.8 Å². The Kier molecular flexibility index (Phi) is 9.93. The van der Waals surface area contributed by atoms with Gasteiger partial charge in [-0.15, -0.1) is 0 Å². The van der Waals surface area contributed by atoms with Gasteiger partial charge in [0.2, 0.25) is 0 Å². The molecule has 0 rings (SSSR count). The minimum atomic E-state index is -1.59. The van der Waals surface area contributed by atoms with Crippen molar-refractivity contribution in [1.82, 2.24) is 10.6 Å². The van der Waals surface area contributed by atoms with Crippen LogP contribution in [0.25, 0.3) is 0 Å². The summed E-state index contributed by atoms with van der Waals surface area (Å²) in [6, 6.07) is -0.521. The Balaban J connectivity index is 3.35. The fraction of sp³-hybridized carbons (Fsp3) is 0.800. The van der Waals surface area contributed by atoms with Crippen molar-refractivity contribution in [2.45, 2.75) is 12.5 Å². The zero-order chi connectivity index (χ0) is 13.8. The van der Waals surface area contributed by atoms with E-state index in [0.717, 1.165) is 0 Å². The van der Waals surface area contributed by atoms with E-state index in [9.17, 15) is 9.59 Å². The molecule has 0 bridgehead atoms. The Morgan fingerprint density at radius 3 is 2.56 bits per heavy atom. The maximum absolute atomic E-state index is 11.1. The summed E-state index contributed by atoms with van der Waals surface area (Å²) in [5.41, 5.74) is 0. The molecule has 8 nitrogen and oxygen atoms in total. The number of aliphatic hydroxyl groups is 1. The highest BCUT2D eigenvalue weighted by Crippen LogP contribution is 1.83. The summed E-state index contributed by atoms with van der Waals surface area (Å²) in [5.74, 6) is -1.37. The highest BCUT2D eigenvalue weighted by atomic mass is 16.5. The van der Waals surface area contributed by atoms with Gasteiger partial charge < -0.3 is 30.3 Å². The van der Waals surface area contributed by atoms with Crippen LogP contribution in [0.4, 0.5) is 4.79 Å². The fourth-order valence-corrected chi connectivity index (χ4v) is 0.960.